The Balaban J connectivity index is 1.66. The Morgan fingerprint density at radius 2 is 1.85 bits per heavy atom. The van der Waals surface area contributed by atoms with E-state index in [2.05, 4.69) is 58.7 Å². The molecule has 0 aliphatic rings. The molecule has 3 aromatic rings. The predicted molar refractivity (Wildman–Crippen MR) is 112 cm³/mol. The molecule has 6 heteroatoms. The molecule has 0 atom stereocenters. The second-order valence-corrected chi connectivity index (χ2v) is 7.83. The second kappa shape index (κ2) is 8.35. The maximum absolute atomic E-state index is 6.02. The van der Waals surface area contributed by atoms with Crippen molar-refractivity contribution >= 4 is 29.1 Å². The summed E-state index contributed by atoms with van der Waals surface area (Å²) in [6.07, 6.45) is 2.47. The topological polar surface area (TPSA) is 62.7 Å². The van der Waals surface area contributed by atoms with Crippen molar-refractivity contribution < 1.29 is 0 Å². The summed E-state index contributed by atoms with van der Waals surface area (Å²) in [7, 11) is 0. The molecule has 0 spiro atoms. The van der Waals surface area contributed by atoms with Gasteiger partial charge in [0.25, 0.3) is 0 Å². The fraction of sp³-hybridized carbons (Fsp3) is 0.286. The first-order valence-electron chi connectivity index (χ1n) is 8.96. The van der Waals surface area contributed by atoms with Gasteiger partial charge in [0.1, 0.15) is 0 Å². The summed E-state index contributed by atoms with van der Waals surface area (Å²) in [4.78, 5) is 4.52. The van der Waals surface area contributed by atoms with Gasteiger partial charge in [-0.15, -0.1) is 5.10 Å². The lowest BCUT2D eigenvalue weighted by Gasteiger charge is -2.22. The second-order valence-electron chi connectivity index (χ2n) is 7.39. The largest absolute Gasteiger partial charge is 0.368 e. The molecule has 0 aliphatic heterocycles. The third kappa shape index (κ3) is 5.41. The highest BCUT2D eigenvalue weighted by Crippen LogP contribution is 2.30. The summed E-state index contributed by atoms with van der Waals surface area (Å²) in [6, 6.07) is 16.0. The minimum atomic E-state index is 0.0177. The number of anilines is 3. The molecule has 0 radical (unpaired) electrons. The van der Waals surface area contributed by atoms with Crippen molar-refractivity contribution in [1.82, 2.24) is 15.2 Å². The smallest absolute Gasteiger partial charge is 0.249 e. The van der Waals surface area contributed by atoms with E-state index >= 15 is 0 Å². The molecule has 2 aromatic carbocycles. The van der Waals surface area contributed by atoms with Gasteiger partial charge in [-0.1, -0.05) is 62.7 Å². The van der Waals surface area contributed by atoms with Crippen molar-refractivity contribution in [2.24, 2.45) is 0 Å². The highest BCUT2D eigenvalue weighted by molar-refractivity contribution is 6.30. The lowest BCUT2D eigenvalue weighted by molar-refractivity contribution is 0.592. The van der Waals surface area contributed by atoms with Crippen LogP contribution in [0.25, 0.3) is 0 Å². The molecule has 0 saturated heterocycles. The van der Waals surface area contributed by atoms with Crippen LogP contribution in [0.15, 0.2) is 54.7 Å². The van der Waals surface area contributed by atoms with Crippen LogP contribution >= 0.6 is 11.6 Å². The van der Waals surface area contributed by atoms with Gasteiger partial charge >= 0.3 is 0 Å². The Morgan fingerprint density at radius 1 is 1.04 bits per heavy atom. The number of hydrogen-bond acceptors (Lipinski definition) is 5. The number of rotatable bonds is 6. The highest BCUT2D eigenvalue weighted by atomic mass is 35.5. The molecule has 3 rings (SSSR count). The Bertz CT molecular complexity index is 905. The SMILES string of the molecule is CC(C)(C)c1ccccc1Nc1nncc(NCCc2cccc(Cl)c2)n1. The van der Waals surface area contributed by atoms with E-state index in [0.717, 1.165) is 23.7 Å². The fourth-order valence-corrected chi connectivity index (χ4v) is 3.05. The molecule has 140 valence electrons. The van der Waals surface area contributed by atoms with Crippen molar-refractivity contribution in [1.29, 1.82) is 0 Å². The Labute approximate surface area is 165 Å². The zero-order valence-corrected chi connectivity index (χ0v) is 16.6. The van der Waals surface area contributed by atoms with E-state index in [1.165, 1.54) is 11.1 Å². The van der Waals surface area contributed by atoms with Gasteiger partial charge in [-0.2, -0.15) is 10.1 Å². The van der Waals surface area contributed by atoms with E-state index in [1.807, 2.05) is 36.4 Å². The van der Waals surface area contributed by atoms with Gasteiger partial charge in [-0.3, -0.25) is 0 Å². The molecule has 27 heavy (non-hydrogen) atoms. The summed E-state index contributed by atoms with van der Waals surface area (Å²) >= 11 is 6.02. The average Bonchev–Trinajstić information content (AvgIpc) is 2.62. The molecule has 0 amide bonds. The molecular formula is C21H24ClN5. The molecule has 0 unspecified atom stereocenters. The van der Waals surface area contributed by atoms with Gasteiger partial charge in [-0.25, -0.2) is 0 Å². The van der Waals surface area contributed by atoms with Crippen LogP contribution in [-0.4, -0.2) is 21.7 Å². The Kier molecular flexibility index (Phi) is 5.91. The van der Waals surface area contributed by atoms with Gasteiger partial charge in [-0.05, 0) is 41.2 Å². The van der Waals surface area contributed by atoms with Crippen LogP contribution in [0.4, 0.5) is 17.5 Å². The first-order valence-corrected chi connectivity index (χ1v) is 9.34. The minimum absolute atomic E-state index is 0.0177. The molecule has 0 bridgehead atoms. The first-order chi connectivity index (χ1) is 12.9. The van der Waals surface area contributed by atoms with Crippen molar-refractivity contribution in [3.05, 3.63) is 70.9 Å². The van der Waals surface area contributed by atoms with E-state index in [9.17, 15) is 0 Å². The zero-order chi connectivity index (χ0) is 19.3. The van der Waals surface area contributed by atoms with Crippen molar-refractivity contribution in [3.8, 4) is 0 Å². The maximum atomic E-state index is 6.02. The lowest BCUT2D eigenvalue weighted by atomic mass is 9.86. The standard InChI is InChI=1S/C21H24ClN5/c1-21(2,3)17-9-4-5-10-18(17)25-20-26-19(14-24-27-20)23-12-11-15-7-6-8-16(22)13-15/h4-10,13-14H,11-12H2,1-3H3,(H2,23,25,26,27). The maximum Gasteiger partial charge on any atom is 0.249 e. The van der Waals surface area contributed by atoms with E-state index in [1.54, 1.807) is 6.20 Å². The van der Waals surface area contributed by atoms with Crippen LogP contribution in [0, 0.1) is 0 Å². The molecule has 1 heterocycles. The van der Waals surface area contributed by atoms with E-state index < -0.39 is 0 Å². The molecule has 0 fully saturated rings. The Morgan fingerprint density at radius 3 is 2.63 bits per heavy atom. The van der Waals surface area contributed by atoms with E-state index in [4.69, 9.17) is 11.6 Å². The number of nitrogens with one attached hydrogen (secondary N) is 2. The van der Waals surface area contributed by atoms with Crippen LogP contribution in [0.3, 0.4) is 0 Å². The summed E-state index contributed by atoms with van der Waals surface area (Å²) in [5.74, 6) is 1.15. The van der Waals surface area contributed by atoms with Gasteiger partial charge in [0, 0.05) is 17.3 Å². The van der Waals surface area contributed by atoms with Crippen LogP contribution in [-0.2, 0) is 11.8 Å². The third-order valence-electron chi connectivity index (χ3n) is 4.15. The predicted octanol–water partition coefficient (Wildman–Crippen LogP) is 5.22. The number of halogens is 1. The number of nitrogens with zero attached hydrogens (tertiary/aromatic N) is 3. The van der Waals surface area contributed by atoms with Crippen LogP contribution in [0.5, 0.6) is 0 Å². The zero-order valence-electron chi connectivity index (χ0n) is 15.8. The fourth-order valence-electron chi connectivity index (χ4n) is 2.84. The monoisotopic (exact) mass is 381 g/mol. The van der Waals surface area contributed by atoms with E-state index in [-0.39, 0.29) is 5.41 Å². The lowest BCUT2D eigenvalue weighted by Crippen LogP contribution is -2.14. The molecule has 5 nitrogen and oxygen atoms in total. The van der Waals surface area contributed by atoms with Crippen molar-refractivity contribution in [3.63, 3.8) is 0 Å². The number of hydrogen-bond donors (Lipinski definition) is 2. The Hall–Kier alpha value is -2.66. The molecule has 1 aromatic heterocycles. The number of para-hydroxylation sites is 1. The molecule has 2 N–H and O–H groups in total. The van der Waals surface area contributed by atoms with Crippen molar-refractivity contribution in [2.45, 2.75) is 32.6 Å². The average molecular weight is 382 g/mol. The third-order valence-corrected chi connectivity index (χ3v) is 4.38. The van der Waals surface area contributed by atoms with Crippen LogP contribution < -0.4 is 10.6 Å². The molecule has 0 aliphatic carbocycles. The summed E-state index contributed by atoms with van der Waals surface area (Å²) in [5, 5.41) is 15.5. The van der Waals surface area contributed by atoms with Gasteiger partial charge in [0.05, 0.1) is 6.20 Å². The summed E-state index contributed by atoms with van der Waals surface area (Å²) in [6.45, 7) is 7.28. The molecular weight excluding hydrogens is 358 g/mol. The summed E-state index contributed by atoms with van der Waals surface area (Å²) < 4.78 is 0. The summed E-state index contributed by atoms with van der Waals surface area (Å²) in [5.41, 5.74) is 3.38. The number of benzene rings is 2. The van der Waals surface area contributed by atoms with E-state index in [0.29, 0.717) is 11.8 Å². The van der Waals surface area contributed by atoms with Crippen molar-refractivity contribution in [2.75, 3.05) is 17.2 Å². The molecule has 0 saturated carbocycles. The quantitative estimate of drug-likeness (QED) is 0.612. The van der Waals surface area contributed by atoms with Crippen LogP contribution in [0.2, 0.25) is 5.02 Å². The van der Waals surface area contributed by atoms with Crippen LogP contribution in [0.1, 0.15) is 31.9 Å². The van der Waals surface area contributed by atoms with Gasteiger partial charge in [0.15, 0.2) is 5.82 Å². The first kappa shape index (κ1) is 19.1. The highest BCUT2D eigenvalue weighted by Gasteiger charge is 2.18. The van der Waals surface area contributed by atoms with Gasteiger partial charge < -0.3 is 10.6 Å². The van der Waals surface area contributed by atoms with Gasteiger partial charge in [0.2, 0.25) is 5.95 Å². The normalized spacial score (nSPS) is 11.3. The number of aromatic nitrogens is 3. The minimum Gasteiger partial charge on any atom is -0.368 e.